The molecule has 13 nitrogen and oxygen atoms in total. The van der Waals surface area contributed by atoms with Crippen molar-refractivity contribution < 1.29 is 36.6 Å². The van der Waals surface area contributed by atoms with Crippen molar-refractivity contribution in [2.75, 3.05) is 5.32 Å². The Labute approximate surface area is 284 Å². The Kier molecular flexibility index (Phi) is 10.4. The van der Waals surface area contributed by atoms with Crippen molar-refractivity contribution in [1.29, 1.82) is 0 Å². The van der Waals surface area contributed by atoms with E-state index in [1.807, 2.05) is 19.1 Å². The summed E-state index contributed by atoms with van der Waals surface area (Å²) >= 11 is 6.27. The molecule has 2 atom stereocenters. The Hall–Kier alpha value is -5.52. The predicted molar refractivity (Wildman–Crippen MR) is 169 cm³/mol. The first-order valence-electron chi connectivity index (χ1n) is 14.8. The Morgan fingerprint density at radius 3 is 2.50 bits per heavy atom. The molecule has 262 valence electrons. The van der Waals surface area contributed by atoms with Crippen LogP contribution in [0.3, 0.4) is 0 Å². The molecule has 1 aliphatic rings. The van der Waals surface area contributed by atoms with Crippen LogP contribution in [0, 0.1) is 5.92 Å². The molecule has 0 unspecified atom stereocenters. The first kappa shape index (κ1) is 35.8. The number of pyridine rings is 1. The van der Waals surface area contributed by atoms with Gasteiger partial charge in [0.1, 0.15) is 5.69 Å². The summed E-state index contributed by atoms with van der Waals surface area (Å²) < 4.78 is 62.5. The number of carboxylic acid groups (broad SMARTS) is 1. The second-order valence-corrected chi connectivity index (χ2v) is 11.6. The van der Waals surface area contributed by atoms with Crippen LogP contribution in [0.25, 0.3) is 28.2 Å². The summed E-state index contributed by atoms with van der Waals surface area (Å²) in [5, 5.41) is 22.2. The van der Waals surface area contributed by atoms with E-state index in [-0.39, 0.29) is 23.1 Å². The van der Waals surface area contributed by atoms with Gasteiger partial charge in [-0.1, -0.05) is 30.2 Å². The number of carbonyl (C=O) groups is 2. The molecule has 2 bridgehead atoms. The van der Waals surface area contributed by atoms with Gasteiger partial charge in [-0.25, -0.2) is 23.2 Å². The van der Waals surface area contributed by atoms with Crippen LogP contribution in [-0.4, -0.2) is 62.5 Å². The number of nitrogens with one attached hydrogen (secondary N) is 1. The van der Waals surface area contributed by atoms with Crippen LogP contribution < -0.4 is 10.9 Å². The molecule has 0 radical (unpaired) electrons. The fraction of sp³-hybridized carbons (Fsp3) is 0.290. The molecule has 1 amide bonds. The molecule has 50 heavy (non-hydrogen) atoms. The lowest BCUT2D eigenvalue weighted by atomic mass is 9.97. The summed E-state index contributed by atoms with van der Waals surface area (Å²) in [6, 6.07) is 9.40. The molecule has 0 fully saturated rings. The lowest BCUT2D eigenvalue weighted by molar-refractivity contribution is -0.192. The zero-order valence-electron chi connectivity index (χ0n) is 26.1. The quantitative estimate of drug-likeness (QED) is 0.217. The second kappa shape index (κ2) is 14.5. The van der Waals surface area contributed by atoms with Crippen molar-refractivity contribution in [3.63, 3.8) is 0 Å². The minimum absolute atomic E-state index is 0.103. The summed E-state index contributed by atoms with van der Waals surface area (Å²) in [6.45, 7) is 1.87. The van der Waals surface area contributed by atoms with Gasteiger partial charge in [0.05, 0.1) is 53.2 Å². The van der Waals surface area contributed by atoms with Gasteiger partial charge in [-0.3, -0.25) is 23.8 Å². The molecular formula is C31H27ClF5N9O4. The van der Waals surface area contributed by atoms with Crippen molar-refractivity contribution in [2.45, 2.75) is 44.8 Å². The zero-order chi connectivity index (χ0) is 36.3. The van der Waals surface area contributed by atoms with Crippen molar-refractivity contribution >= 4 is 29.2 Å². The number of benzene rings is 1. The van der Waals surface area contributed by atoms with Gasteiger partial charge in [0.2, 0.25) is 5.91 Å². The fourth-order valence-electron chi connectivity index (χ4n) is 5.28. The molecule has 1 aliphatic heterocycles. The number of alkyl halides is 5. The summed E-state index contributed by atoms with van der Waals surface area (Å²) in [4.78, 5) is 44.7. The third-order valence-electron chi connectivity index (χ3n) is 7.79. The first-order valence-corrected chi connectivity index (χ1v) is 15.2. The van der Waals surface area contributed by atoms with E-state index in [1.54, 1.807) is 42.3 Å². The summed E-state index contributed by atoms with van der Waals surface area (Å²) in [5.74, 6) is -3.12. The number of halogens is 6. The second-order valence-electron chi connectivity index (χ2n) is 11.2. The van der Waals surface area contributed by atoms with E-state index in [0.717, 1.165) is 17.5 Å². The van der Waals surface area contributed by atoms with E-state index in [4.69, 9.17) is 21.5 Å². The molecule has 5 aromatic rings. The van der Waals surface area contributed by atoms with Crippen LogP contribution in [0.1, 0.15) is 50.0 Å². The highest BCUT2D eigenvalue weighted by molar-refractivity contribution is 6.31. The number of anilines is 1. The monoisotopic (exact) mass is 719 g/mol. The van der Waals surface area contributed by atoms with Crippen LogP contribution in [-0.2, 0) is 16.6 Å². The van der Waals surface area contributed by atoms with E-state index in [1.165, 1.54) is 21.6 Å². The third kappa shape index (κ3) is 7.85. The number of amides is 1. The van der Waals surface area contributed by atoms with Crippen molar-refractivity contribution in [1.82, 2.24) is 39.3 Å². The molecule has 0 saturated carbocycles. The smallest absolute Gasteiger partial charge is 0.475 e. The maximum absolute atomic E-state index is 13.7. The van der Waals surface area contributed by atoms with Gasteiger partial charge in [0, 0.05) is 41.4 Å². The molecule has 5 heterocycles. The lowest BCUT2D eigenvalue weighted by Crippen LogP contribution is -2.27. The van der Waals surface area contributed by atoms with Crippen molar-refractivity contribution in [3.8, 4) is 28.2 Å². The lowest BCUT2D eigenvalue weighted by Gasteiger charge is -2.22. The Balaban J connectivity index is 0.000000630. The molecule has 1 aromatic carbocycles. The summed E-state index contributed by atoms with van der Waals surface area (Å²) in [6.07, 6.45) is -0.229. The van der Waals surface area contributed by atoms with E-state index >= 15 is 0 Å². The molecule has 0 saturated heterocycles. The van der Waals surface area contributed by atoms with Gasteiger partial charge in [-0.05, 0) is 43.2 Å². The summed E-state index contributed by atoms with van der Waals surface area (Å²) in [7, 11) is 1.79. The Bertz CT molecular complexity index is 2100. The number of hydrogen-bond acceptors (Lipinski definition) is 8. The zero-order valence-corrected chi connectivity index (χ0v) is 26.9. The Morgan fingerprint density at radius 2 is 1.84 bits per heavy atom. The minimum atomic E-state index is -5.08. The highest BCUT2D eigenvalue weighted by atomic mass is 35.5. The number of aromatic nitrogens is 8. The largest absolute Gasteiger partial charge is 0.490 e. The Morgan fingerprint density at radius 1 is 1.10 bits per heavy atom. The molecular weight excluding hydrogens is 693 g/mol. The van der Waals surface area contributed by atoms with Gasteiger partial charge in [-0.15, -0.1) is 5.10 Å². The van der Waals surface area contributed by atoms with Crippen LogP contribution in [0.15, 0.2) is 66.1 Å². The highest BCUT2D eigenvalue weighted by Crippen LogP contribution is 2.33. The van der Waals surface area contributed by atoms with Gasteiger partial charge in [0.25, 0.3) is 12.0 Å². The predicted octanol–water partition coefficient (Wildman–Crippen LogP) is 5.86. The average molecular weight is 720 g/mol. The van der Waals surface area contributed by atoms with Crippen LogP contribution in [0.5, 0.6) is 0 Å². The van der Waals surface area contributed by atoms with Gasteiger partial charge in [-0.2, -0.15) is 18.3 Å². The first-order chi connectivity index (χ1) is 23.6. The number of nitrogens with zero attached hydrogens (tertiary/aromatic N) is 8. The maximum Gasteiger partial charge on any atom is 0.490 e. The molecule has 2 N–H and O–H groups in total. The molecule has 6 rings (SSSR count). The van der Waals surface area contributed by atoms with E-state index in [2.05, 4.69) is 30.7 Å². The minimum Gasteiger partial charge on any atom is -0.475 e. The number of fused-ring (bicyclic) bond motifs is 4. The normalized spacial score (nSPS) is 16.4. The van der Waals surface area contributed by atoms with Crippen molar-refractivity contribution in [2.24, 2.45) is 13.0 Å². The number of hydrogen-bond donors (Lipinski definition) is 2. The van der Waals surface area contributed by atoms with Crippen LogP contribution >= 0.6 is 11.6 Å². The van der Waals surface area contributed by atoms with Crippen LogP contribution in [0.2, 0.25) is 5.02 Å². The number of aliphatic carboxylic acids is 1. The number of rotatable bonds is 4. The topological polar surface area (TPSA) is 163 Å². The third-order valence-corrected chi connectivity index (χ3v) is 8.02. The van der Waals surface area contributed by atoms with Crippen molar-refractivity contribution in [3.05, 3.63) is 88.1 Å². The number of aryl methyl sites for hydroxylation is 1. The van der Waals surface area contributed by atoms with Crippen LogP contribution in [0.4, 0.5) is 27.6 Å². The standard InChI is InChI=1S/C29H26ClF2N9O2.C2HF3O2/c1-16-4-3-5-25(21-10-17(8-9-33-21)27-22(36-29(16)43)13-35-39(27)2)40-15-34-20(12-26(40)42)19-11-18(30)6-7-24(19)41-14-23(28(31)32)37-38-41;3-2(4,5)1(6)7/h6-16,25,28H,3-5H2,1-2H3,(H,36,43);(H,6,7)/t16-,25+;/m1./s1. The van der Waals surface area contributed by atoms with E-state index < -0.39 is 30.3 Å². The fourth-order valence-corrected chi connectivity index (χ4v) is 5.45. The van der Waals surface area contributed by atoms with Gasteiger partial charge in [0.15, 0.2) is 0 Å². The van der Waals surface area contributed by atoms with E-state index in [0.29, 0.717) is 46.9 Å². The number of carboxylic acids is 1. The molecule has 0 spiro atoms. The van der Waals surface area contributed by atoms with Gasteiger partial charge >= 0.3 is 12.1 Å². The SMILES string of the molecule is C[C@@H]1CCC[C@H](n2cnc(-c3cc(Cl)ccc3-n3cc(C(F)F)nn3)cc2=O)c2cc(ccn2)-c2c(cnn2C)NC1=O.O=C(O)C(F)(F)F. The molecule has 19 heteroatoms. The van der Waals surface area contributed by atoms with Gasteiger partial charge < -0.3 is 10.4 Å². The highest BCUT2D eigenvalue weighted by Gasteiger charge is 2.38. The maximum atomic E-state index is 13.7. The average Bonchev–Trinajstić information content (AvgIpc) is 3.70. The molecule has 4 aromatic heterocycles. The van der Waals surface area contributed by atoms with E-state index in [9.17, 15) is 31.5 Å². The number of carbonyl (C=O) groups excluding carboxylic acids is 1. The summed E-state index contributed by atoms with van der Waals surface area (Å²) in [5.41, 5.74) is 3.03. The molecule has 0 aliphatic carbocycles.